The fourth-order valence-corrected chi connectivity index (χ4v) is 3.21. The number of fused-ring (bicyclic) bond motifs is 2. The third kappa shape index (κ3) is 1.89. The molecule has 2 aliphatic carbocycles. The fourth-order valence-electron chi connectivity index (χ4n) is 3.21. The van der Waals surface area contributed by atoms with Crippen molar-refractivity contribution in [3.8, 4) is 0 Å². The average molecular weight is 208 g/mol. The molecule has 3 rings (SSSR count). The molecule has 0 aromatic carbocycles. The predicted octanol–water partition coefficient (Wildman–Crippen LogP) is 1.04. The Morgan fingerprint density at radius 3 is 2.73 bits per heavy atom. The lowest BCUT2D eigenvalue weighted by Crippen LogP contribution is -2.45. The molecule has 3 aliphatic rings. The molecular formula is C12H20N2O. The topological polar surface area (TPSA) is 41.1 Å². The minimum absolute atomic E-state index is 0.326. The zero-order chi connectivity index (χ0) is 10.3. The minimum Gasteiger partial charge on any atom is -0.353 e. The first-order chi connectivity index (χ1) is 7.31. The zero-order valence-electron chi connectivity index (χ0n) is 9.17. The summed E-state index contributed by atoms with van der Waals surface area (Å²) in [5.74, 6) is 1.49. The zero-order valence-corrected chi connectivity index (χ0v) is 9.17. The molecule has 3 heteroatoms. The van der Waals surface area contributed by atoms with E-state index in [0.29, 0.717) is 23.9 Å². The van der Waals surface area contributed by atoms with Gasteiger partial charge in [-0.05, 0) is 44.6 Å². The van der Waals surface area contributed by atoms with E-state index in [1.807, 2.05) is 0 Å². The Bertz CT molecular complexity index is 250. The highest BCUT2D eigenvalue weighted by Gasteiger charge is 2.35. The predicted molar refractivity (Wildman–Crippen MR) is 58.4 cm³/mol. The van der Waals surface area contributed by atoms with E-state index >= 15 is 0 Å². The van der Waals surface area contributed by atoms with Crippen LogP contribution < -0.4 is 10.6 Å². The van der Waals surface area contributed by atoms with Crippen LogP contribution in [0.1, 0.15) is 38.5 Å². The van der Waals surface area contributed by atoms with Gasteiger partial charge in [-0.25, -0.2) is 0 Å². The first-order valence-corrected chi connectivity index (χ1v) is 6.35. The molecule has 0 aromatic heterocycles. The van der Waals surface area contributed by atoms with Crippen LogP contribution in [0.5, 0.6) is 0 Å². The first kappa shape index (κ1) is 9.64. The monoisotopic (exact) mass is 208 g/mol. The van der Waals surface area contributed by atoms with Crippen LogP contribution in [-0.4, -0.2) is 24.5 Å². The standard InChI is InChI=1S/C12H20N2O/c15-12(9-2-1-3-9)14-11-5-8-4-10(6-11)13-7-8/h8-11,13H,1-7H2,(H,14,15). The van der Waals surface area contributed by atoms with E-state index < -0.39 is 0 Å². The lowest BCUT2D eigenvalue weighted by molar-refractivity contribution is -0.128. The van der Waals surface area contributed by atoms with Crippen molar-refractivity contribution in [1.29, 1.82) is 0 Å². The lowest BCUT2D eigenvalue weighted by atomic mass is 9.83. The molecule has 84 valence electrons. The third-order valence-electron chi connectivity index (χ3n) is 4.32. The van der Waals surface area contributed by atoms with Gasteiger partial charge >= 0.3 is 0 Å². The van der Waals surface area contributed by atoms with Crippen molar-refractivity contribution < 1.29 is 4.79 Å². The summed E-state index contributed by atoms with van der Waals surface area (Å²) in [6.45, 7) is 1.17. The van der Waals surface area contributed by atoms with Crippen LogP contribution in [0.4, 0.5) is 0 Å². The second-order valence-electron chi connectivity index (χ2n) is 5.51. The van der Waals surface area contributed by atoms with E-state index in [1.54, 1.807) is 0 Å². The number of nitrogens with one attached hydrogen (secondary N) is 2. The number of hydrogen-bond donors (Lipinski definition) is 2. The van der Waals surface area contributed by atoms with E-state index in [9.17, 15) is 4.79 Å². The molecule has 3 unspecified atom stereocenters. The largest absolute Gasteiger partial charge is 0.353 e. The van der Waals surface area contributed by atoms with Crippen LogP contribution >= 0.6 is 0 Å². The highest BCUT2D eigenvalue weighted by Crippen LogP contribution is 2.31. The Morgan fingerprint density at radius 1 is 1.20 bits per heavy atom. The van der Waals surface area contributed by atoms with E-state index in [2.05, 4.69) is 10.6 Å². The summed E-state index contributed by atoms with van der Waals surface area (Å²) in [4.78, 5) is 11.8. The van der Waals surface area contributed by atoms with Crippen LogP contribution in [-0.2, 0) is 4.79 Å². The summed E-state index contributed by atoms with van der Waals surface area (Å²) in [5, 5.41) is 6.77. The molecule has 0 radical (unpaired) electrons. The molecule has 1 aliphatic heterocycles. The number of rotatable bonds is 2. The molecule has 0 spiro atoms. The first-order valence-electron chi connectivity index (χ1n) is 6.35. The van der Waals surface area contributed by atoms with Crippen molar-refractivity contribution in [3.05, 3.63) is 0 Å². The lowest BCUT2D eigenvalue weighted by Gasteiger charge is -2.31. The van der Waals surface area contributed by atoms with Crippen LogP contribution in [0.2, 0.25) is 0 Å². The summed E-state index contributed by atoms with van der Waals surface area (Å²) in [5.41, 5.74) is 0. The molecule has 1 heterocycles. The maximum Gasteiger partial charge on any atom is 0.223 e. The van der Waals surface area contributed by atoms with Gasteiger partial charge in [0.05, 0.1) is 0 Å². The van der Waals surface area contributed by atoms with E-state index in [4.69, 9.17) is 0 Å². The smallest absolute Gasteiger partial charge is 0.223 e. The molecule has 2 bridgehead atoms. The maximum atomic E-state index is 11.8. The number of carbonyl (C=O) groups excluding carboxylic acids is 1. The van der Waals surface area contributed by atoms with Gasteiger partial charge in [-0.1, -0.05) is 6.42 Å². The van der Waals surface area contributed by atoms with Crippen molar-refractivity contribution in [3.63, 3.8) is 0 Å². The number of carbonyl (C=O) groups is 1. The summed E-state index contributed by atoms with van der Waals surface area (Å²) in [7, 11) is 0. The van der Waals surface area contributed by atoms with Gasteiger partial charge in [-0.15, -0.1) is 0 Å². The van der Waals surface area contributed by atoms with Gasteiger partial charge < -0.3 is 10.6 Å². The Hall–Kier alpha value is -0.570. The van der Waals surface area contributed by atoms with Crippen molar-refractivity contribution in [1.82, 2.24) is 10.6 Å². The quantitative estimate of drug-likeness (QED) is 0.712. The molecule has 3 atom stereocenters. The Balaban J connectivity index is 1.52. The minimum atomic E-state index is 0.326. The molecule has 0 aromatic rings. The average Bonchev–Trinajstić information content (AvgIpc) is 2.42. The SMILES string of the molecule is O=C(NC1CC2CNC(C2)C1)C1CCC1. The summed E-state index contributed by atoms with van der Waals surface area (Å²) < 4.78 is 0. The van der Waals surface area contributed by atoms with E-state index in [0.717, 1.165) is 25.2 Å². The highest BCUT2D eigenvalue weighted by atomic mass is 16.2. The highest BCUT2D eigenvalue weighted by molar-refractivity contribution is 5.79. The fraction of sp³-hybridized carbons (Fsp3) is 0.917. The summed E-state index contributed by atoms with van der Waals surface area (Å²) >= 11 is 0. The third-order valence-corrected chi connectivity index (χ3v) is 4.32. The molecule has 2 N–H and O–H groups in total. The van der Waals surface area contributed by atoms with Gasteiger partial charge in [0.1, 0.15) is 0 Å². The van der Waals surface area contributed by atoms with Gasteiger partial charge in [0.25, 0.3) is 0 Å². The van der Waals surface area contributed by atoms with Crippen molar-refractivity contribution in [2.45, 2.75) is 50.6 Å². The van der Waals surface area contributed by atoms with Crippen LogP contribution in [0.15, 0.2) is 0 Å². The van der Waals surface area contributed by atoms with Crippen molar-refractivity contribution in [2.24, 2.45) is 11.8 Å². The van der Waals surface area contributed by atoms with Gasteiger partial charge in [-0.3, -0.25) is 4.79 Å². The van der Waals surface area contributed by atoms with Gasteiger partial charge in [-0.2, -0.15) is 0 Å². The second kappa shape index (κ2) is 3.78. The Morgan fingerprint density at radius 2 is 2.07 bits per heavy atom. The normalized spacial score (nSPS) is 39.9. The van der Waals surface area contributed by atoms with Crippen LogP contribution in [0, 0.1) is 11.8 Å². The molecule has 15 heavy (non-hydrogen) atoms. The van der Waals surface area contributed by atoms with Crippen LogP contribution in [0.3, 0.4) is 0 Å². The van der Waals surface area contributed by atoms with Crippen molar-refractivity contribution >= 4 is 5.91 Å². The number of amides is 1. The van der Waals surface area contributed by atoms with Gasteiger partial charge in [0.15, 0.2) is 0 Å². The summed E-state index contributed by atoms with van der Waals surface area (Å²) in [6, 6.07) is 1.13. The second-order valence-corrected chi connectivity index (χ2v) is 5.51. The van der Waals surface area contributed by atoms with Gasteiger partial charge in [0.2, 0.25) is 5.91 Å². The maximum absolute atomic E-state index is 11.8. The molecule has 2 saturated carbocycles. The Labute approximate surface area is 91.0 Å². The van der Waals surface area contributed by atoms with Crippen LogP contribution in [0.25, 0.3) is 0 Å². The molecule has 1 amide bonds. The molecular weight excluding hydrogens is 188 g/mol. The van der Waals surface area contributed by atoms with Crippen molar-refractivity contribution in [2.75, 3.05) is 6.54 Å². The van der Waals surface area contributed by atoms with Gasteiger partial charge in [0, 0.05) is 18.0 Å². The number of hydrogen-bond acceptors (Lipinski definition) is 2. The van der Waals surface area contributed by atoms with E-state index in [1.165, 1.54) is 25.8 Å². The molecule has 3 nitrogen and oxygen atoms in total. The molecule has 3 fully saturated rings. The summed E-state index contributed by atoms with van der Waals surface area (Å²) in [6.07, 6.45) is 7.15. The van der Waals surface area contributed by atoms with E-state index in [-0.39, 0.29) is 0 Å². The Kier molecular flexibility index (Phi) is 2.43. The molecule has 1 saturated heterocycles.